The van der Waals surface area contributed by atoms with Gasteiger partial charge in [0.15, 0.2) is 0 Å². The summed E-state index contributed by atoms with van der Waals surface area (Å²) in [5.41, 5.74) is -0.222. The number of piperidine rings is 1. The van der Waals surface area contributed by atoms with Crippen molar-refractivity contribution in [3.63, 3.8) is 0 Å². The van der Waals surface area contributed by atoms with E-state index in [1.54, 1.807) is 6.92 Å². The predicted octanol–water partition coefficient (Wildman–Crippen LogP) is 3.29. The highest BCUT2D eigenvalue weighted by molar-refractivity contribution is 5.83. The van der Waals surface area contributed by atoms with Crippen LogP contribution in [0.25, 0.3) is 0 Å². The molecule has 3 atom stereocenters. The quantitative estimate of drug-likeness (QED) is 0.764. The summed E-state index contributed by atoms with van der Waals surface area (Å²) < 4.78 is 44.8. The maximum absolute atomic E-state index is 13.1. The number of nitrogens with zero attached hydrogens (tertiary/aromatic N) is 4. The summed E-state index contributed by atoms with van der Waals surface area (Å²) in [5, 5.41) is 16.8. The maximum atomic E-state index is 13.1. The molecule has 8 nitrogen and oxygen atoms in total. The fraction of sp³-hybridized carbons (Fsp3) is 0.684. The van der Waals surface area contributed by atoms with Crippen molar-refractivity contribution in [2.75, 3.05) is 18.4 Å². The Bertz CT molecular complexity index is 940. The molecule has 2 saturated carbocycles. The van der Waals surface area contributed by atoms with E-state index >= 15 is 0 Å². The second-order valence-electron chi connectivity index (χ2n) is 8.78. The lowest BCUT2D eigenvalue weighted by Crippen LogP contribution is -2.45. The van der Waals surface area contributed by atoms with E-state index < -0.39 is 17.8 Å². The van der Waals surface area contributed by atoms with Crippen molar-refractivity contribution < 1.29 is 22.4 Å². The summed E-state index contributed by atoms with van der Waals surface area (Å²) in [6.45, 7) is 3.29. The molecule has 1 saturated heterocycles. The molecule has 162 valence electrons. The molecule has 1 spiro atoms. The van der Waals surface area contributed by atoms with Gasteiger partial charge in [0.1, 0.15) is 6.04 Å². The van der Waals surface area contributed by atoms with Gasteiger partial charge in [-0.05, 0) is 44.4 Å². The van der Waals surface area contributed by atoms with Gasteiger partial charge in [-0.3, -0.25) is 9.89 Å². The first-order valence-electron chi connectivity index (χ1n) is 10.2. The van der Waals surface area contributed by atoms with Crippen LogP contribution in [0.3, 0.4) is 0 Å². The predicted molar refractivity (Wildman–Crippen MR) is 98.6 cm³/mol. The zero-order valence-corrected chi connectivity index (χ0v) is 16.5. The average Bonchev–Trinajstić information content (AvgIpc) is 3.54. The van der Waals surface area contributed by atoms with Crippen molar-refractivity contribution in [2.24, 2.45) is 5.41 Å². The highest BCUT2D eigenvalue weighted by atomic mass is 19.4. The molecule has 3 fully saturated rings. The number of rotatable bonds is 5. The topological polar surface area (TPSA) is 99.9 Å². The van der Waals surface area contributed by atoms with Crippen LogP contribution in [0.15, 0.2) is 10.6 Å². The molecule has 30 heavy (non-hydrogen) atoms. The lowest BCUT2D eigenvalue weighted by molar-refractivity contribution is -0.138. The minimum atomic E-state index is -4.46. The summed E-state index contributed by atoms with van der Waals surface area (Å²) in [7, 11) is 0. The highest BCUT2D eigenvalue weighted by Gasteiger charge is 2.49. The SMILES string of the molecule is CC(Nc1nnc(C2CC2c2[nH]ncc2C(F)(F)F)o1)C(=O)N1CCC2(CC1)CC2. The first-order chi connectivity index (χ1) is 14.3. The zero-order valence-electron chi connectivity index (χ0n) is 16.5. The van der Waals surface area contributed by atoms with Gasteiger partial charge in [-0.1, -0.05) is 5.10 Å². The third kappa shape index (κ3) is 3.54. The number of nitrogens with one attached hydrogen (secondary N) is 2. The Kier molecular flexibility index (Phi) is 4.33. The Hall–Kier alpha value is -2.59. The highest BCUT2D eigenvalue weighted by Crippen LogP contribution is 2.56. The fourth-order valence-corrected chi connectivity index (χ4v) is 4.43. The Morgan fingerprint density at radius 3 is 2.67 bits per heavy atom. The van der Waals surface area contributed by atoms with Crippen LogP contribution in [0.4, 0.5) is 19.2 Å². The van der Waals surface area contributed by atoms with Crippen LogP contribution in [0.5, 0.6) is 0 Å². The Balaban J connectivity index is 1.18. The molecular formula is C19H23F3N6O2. The number of aromatic nitrogens is 4. The van der Waals surface area contributed by atoms with Gasteiger partial charge in [0.05, 0.1) is 17.5 Å². The van der Waals surface area contributed by atoms with Gasteiger partial charge in [0.2, 0.25) is 11.8 Å². The number of likely N-dealkylation sites (tertiary alicyclic amines) is 1. The van der Waals surface area contributed by atoms with Gasteiger partial charge < -0.3 is 14.6 Å². The molecular weight excluding hydrogens is 401 g/mol. The van der Waals surface area contributed by atoms with Gasteiger partial charge in [-0.15, -0.1) is 5.10 Å². The average molecular weight is 424 g/mol. The molecule has 1 aliphatic heterocycles. The molecule has 11 heteroatoms. The number of carbonyl (C=O) groups excluding carboxylic acids is 1. The van der Waals surface area contributed by atoms with Crippen molar-refractivity contribution in [3.8, 4) is 0 Å². The second kappa shape index (κ2) is 6.71. The van der Waals surface area contributed by atoms with Crippen LogP contribution in [0, 0.1) is 5.41 Å². The van der Waals surface area contributed by atoms with Crippen molar-refractivity contribution in [1.29, 1.82) is 0 Å². The van der Waals surface area contributed by atoms with E-state index in [2.05, 4.69) is 25.7 Å². The molecule has 2 N–H and O–H groups in total. The smallest absolute Gasteiger partial charge is 0.408 e. The van der Waals surface area contributed by atoms with Gasteiger partial charge in [0.25, 0.3) is 0 Å². The maximum Gasteiger partial charge on any atom is 0.419 e. The van der Waals surface area contributed by atoms with E-state index in [1.165, 1.54) is 12.8 Å². The van der Waals surface area contributed by atoms with Crippen molar-refractivity contribution in [3.05, 3.63) is 23.3 Å². The summed E-state index contributed by atoms with van der Waals surface area (Å²) >= 11 is 0. The monoisotopic (exact) mass is 424 g/mol. The Morgan fingerprint density at radius 2 is 2.00 bits per heavy atom. The largest absolute Gasteiger partial charge is 0.419 e. The third-order valence-electron chi connectivity index (χ3n) is 6.70. The standard InChI is InChI=1S/C19H23F3N6O2/c1-10(16(29)28-6-4-18(2-3-18)5-7-28)24-17-27-26-15(30-17)12-8-11(12)14-13(9-23-25-14)19(20,21)22/h9-12H,2-8H2,1H3,(H,23,25)(H,24,27). The van der Waals surface area contributed by atoms with Crippen LogP contribution in [0.1, 0.15) is 68.0 Å². The number of amides is 1. The molecule has 0 aromatic carbocycles. The lowest BCUT2D eigenvalue weighted by atomic mass is 9.93. The van der Waals surface area contributed by atoms with Crippen molar-refractivity contribution >= 4 is 11.9 Å². The third-order valence-corrected chi connectivity index (χ3v) is 6.70. The van der Waals surface area contributed by atoms with E-state index in [0.29, 0.717) is 11.8 Å². The van der Waals surface area contributed by atoms with E-state index in [-0.39, 0.29) is 35.3 Å². The molecule has 2 aromatic rings. The zero-order chi connectivity index (χ0) is 21.1. The molecule has 2 aliphatic carbocycles. The van der Waals surface area contributed by atoms with E-state index in [9.17, 15) is 18.0 Å². The number of hydrogen-bond donors (Lipinski definition) is 2. The van der Waals surface area contributed by atoms with Gasteiger partial charge in [0, 0.05) is 24.9 Å². The summed E-state index contributed by atoms with van der Waals surface area (Å²) in [5.74, 6) is -0.433. The second-order valence-corrected chi connectivity index (χ2v) is 8.78. The van der Waals surface area contributed by atoms with Crippen LogP contribution >= 0.6 is 0 Å². The number of anilines is 1. The fourth-order valence-electron chi connectivity index (χ4n) is 4.43. The lowest BCUT2D eigenvalue weighted by Gasteiger charge is -2.33. The van der Waals surface area contributed by atoms with Crippen LogP contribution in [-0.2, 0) is 11.0 Å². The van der Waals surface area contributed by atoms with E-state index in [0.717, 1.165) is 32.1 Å². The Morgan fingerprint density at radius 1 is 1.27 bits per heavy atom. The normalized spacial score (nSPS) is 25.9. The number of hydrogen-bond acceptors (Lipinski definition) is 6. The summed E-state index contributed by atoms with van der Waals surface area (Å²) in [6.07, 6.45) is 1.48. The molecule has 0 radical (unpaired) electrons. The van der Waals surface area contributed by atoms with Crippen LogP contribution in [0.2, 0.25) is 0 Å². The van der Waals surface area contributed by atoms with Crippen molar-refractivity contribution in [1.82, 2.24) is 25.3 Å². The molecule has 1 amide bonds. The number of halogens is 3. The molecule has 3 aliphatic rings. The minimum absolute atomic E-state index is 0.0122. The molecule has 5 rings (SSSR count). The molecule has 3 heterocycles. The van der Waals surface area contributed by atoms with Gasteiger partial charge in [-0.2, -0.15) is 18.3 Å². The Labute approximate surface area is 170 Å². The van der Waals surface area contributed by atoms with E-state index in [1.807, 2.05) is 4.90 Å². The van der Waals surface area contributed by atoms with Crippen molar-refractivity contribution in [2.45, 2.75) is 63.1 Å². The first-order valence-corrected chi connectivity index (χ1v) is 10.2. The first kappa shape index (κ1) is 19.4. The molecule has 0 bridgehead atoms. The van der Waals surface area contributed by atoms with Crippen LogP contribution < -0.4 is 5.32 Å². The minimum Gasteiger partial charge on any atom is -0.408 e. The molecule has 2 aromatic heterocycles. The van der Waals surface area contributed by atoms with Gasteiger partial charge in [-0.25, -0.2) is 0 Å². The molecule has 3 unspecified atom stereocenters. The number of aromatic amines is 1. The van der Waals surface area contributed by atoms with Crippen LogP contribution in [-0.4, -0.2) is 50.3 Å². The number of carbonyl (C=O) groups is 1. The number of alkyl halides is 3. The number of H-pyrrole nitrogens is 1. The van der Waals surface area contributed by atoms with E-state index in [4.69, 9.17) is 4.42 Å². The summed E-state index contributed by atoms with van der Waals surface area (Å²) in [6, 6.07) is -0.418. The van der Waals surface area contributed by atoms with Gasteiger partial charge >= 0.3 is 12.2 Å². The summed E-state index contributed by atoms with van der Waals surface area (Å²) in [4.78, 5) is 14.5.